The van der Waals surface area contributed by atoms with Crippen LogP contribution in [-0.4, -0.2) is 49.0 Å². The van der Waals surface area contributed by atoms with Crippen LogP contribution in [0.3, 0.4) is 0 Å². The van der Waals surface area contributed by atoms with Crippen LogP contribution in [0, 0.1) is 0 Å². The number of ether oxygens (including phenoxy) is 3. The monoisotopic (exact) mass is 389 g/mol. The summed E-state index contributed by atoms with van der Waals surface area (Å²) in [6.07, 6.45) is -3.22. The van der Waals surface area contributed by atoms with Crippen LogP contribution >= 0.6 is 0 Å². The summed E-state index contributed by atoms with van der Waals surface area (Å²) in [5, 5.41) is 0. The molecule has 0 aliphatic carbocycles. The number of nitrogens with zero attached hydrogens (tertiary/aromatic N) is 1. The van der Waals surface area contributed by atoms with Crippen LogP contribution in [-0.2, 0) is 15.7 Å². The van der Waals surface area contributed by atoms with Gasteiger partial charge in [-0.2, -0.15) is 13.2 Å². The Morgan fingerprint density at radius 3 is 2.19 bits per heavy atom. The second-order valence-electron chi connectivity index (χ2n) is 7.41. The van der Waals surface area contributed by atoms with Gasteiger partial charge in [0.05, 0.1) is 18.3 Å². The van der Waals surface area contributed by atoms with Gasteiger partial charge in [0.15, 0.2) is 0 Å². The zero-order valence-electron chi connectivity index (χ0n) is 15.8. The Morgan fingerprint density at radius 2 is 1.67 bits per heavy atom. The molecule has 1 saturated heterocycles. The molecule has 0 aromatic heterocycles. The summed E-state index contributed by atoms with van der Waals surface area (Å²) in [5.74, 6) is 0.367. The maximum absolute atomic E-state index is 12.5. The number of benzene rings is 1. The normalized spacial score (nSPS) is 16.3. The molecule has 1 aliphatic heterocycles. The third-order valence-electron chi connectivity index (χ3n) is 3.98. The van der Waals surface area contributed by atoms with Crippen molar-refractivity contribution in [3.8, 4) is 5.75 Å². The highest BCUT2D eigenvalue weighted by Gasteiger charge is 2.30. The molecule has 1 aliphatic rings. The number of carbonyl (C=O) groups excluding carboxylic acids is 1. The van der Waals surface area contributed by atoms with Crippen LogP contribution in [0.5, 0.6) is 5.75 Å². The van der Waals surface area contributed by atoms with Crippen molar-refractivity contribution in [3.63, 3.8) is 0 Å². The standard InChI is InChI=1S/C19H26F3NO4/c1-18(2,3)27-17(24)23-10-8-16(9-11-23)26-13-12-25-15-6-4-14(5-7-15)19(20,21)22/h4-7,16H,8-13H2,1-3H3. The van der Waals surface area contributed by atoms with Crippen LogP contribution in [0.15, 0.2) is 24.3 Å². The minimum absolute atomic E-state index is 0.0277. The summed E-state index contributed by atoms with van der Waals surface area (Å²) < 4.78 is 54.0. The lowest BCUT2D eigenvalue weighted by Gasteiger charge is -2.33. The summed E-state index contributed by atoms with van der Waals surface area (Å²) in [7, 11) is 0. The van der Waals surface area contributed by atoms with Crippen molar-refractivity contribution in [1.82, 2.24) is 4.90 Å². The van der Waals surface area contributed by atoms with Crippen LogP contribution in [0.4, 0.5) is 18.0 Å². The van der Waals surface area contributed by atoms with E-state index in [1.807, 2.05) is 20.8 Å². The van der Waals surface area contributed by atoms with Gasteiger partial charge in [0.1, 0.15) is 18.0 Å². The molecular weight excluding hydrogens is 363 g/mol. The van der Waals surface area contributed by atoms with Gasteiger partial charge < -0.3 is 19.1 Å². The van der Waals surface area contributed by atoms with E-state index in [0.29, 0.717) is 38.3 Å². The van der Waals surface area contributed by atoms with Crippen molar-refractivity contribution in [2.45, 2.75) is 51.5 Å². The smallest absolute Gasteiger partial charge is 0.416 e. The van der Waals surface area contributed by atoms with Gasteiger partial charge in [0.25, 0.3) is 0 Å². The Hall–Kier alpha value is -1.96. The zero-order valence-corrected chi connectivity index (χ0v) is 15.8. The Balaban J connectivity index is 1.64. The van der Waals surface area contributed by atoms with Crippen LogP contribution in [0.2, 0.25) is 0 Å². The van der Waals surface area contributed by atoms with Crippen molar-refractivity contribution in [3.05, 3.63) is 29.8 Å². The number of amides is 1. The van der Waals surface area contributed by atoms with Crippen molar-refractivity contribution in [2.75, 3.05) is 26.3 Å². The summed E-state index contributed by atoms with van der Waals surface area (Å²) in [4.78, 5) is 13.7. The molecule has 0 bridgehead atoms. The first kappa shape index (κ1) is 21.3. The molecule has 8 heteroatoms. The first-order valence-corrected chi connectivity index (χ1v) is 8.94. The number of hydrogen-bond acceptors (Lipinski definition) is 4. The summed E-state index contributed by atoms with van der Waals surface area (Å²) in [6.45, 7) is 7.21. The van der Waals surface area contributed by atoms with Crippen LogP contribution in [0.25, 0.3) is 0 Å². The topological polar surface area (TPSA) is 48.0 Å². The largest absolute Gasteiger partial charge is 0.491 e. The quantitative estimate of drug-likeness (QED) is 0.696. The van der Waals surface area contributed by atoms with Gasteiger partial charge in [0, 0.05) is 13.1 Å². The number of carbonyl (C=O) groups is 1. The summed E-state index contributed by atoms with van der Waals surface area (Å²) in [5.41, 5.74) is -1.22. The van der Waals surface area contributed by atoms with Crippen LogP contribution in [0.1, 0.15) is 39.2 Å². The highest BCUT2D eigenvalue weighted by molar-refractivity contribution is 5.68. The third kappa shape index (κ3) is 7.28. The number of piperidine rings is 1. The Morgan fingerprint density at radius 1 is 1.07 bits per heavy atom. The zero-order chi connectivity index (χ0) is 20.1. The maximum atomic E-state index is 12.5. The number of rotatable bonds is 5. The predicted octanol–water partition coefficient (Wildman–Crippen LogP) is 4.50. The van der Waals surface area contributed by atoms with E-state index in [0.717, 1.165) is 12.1 Å². The van der Waals surface area contributed by atoms with Gasteiger partial charge >= 0.3 is 12.3 Å². The number of halogens is 3. The van der Waals surface area contributed by atoms with E-state index in [1.54, 1.807) is 4.90 Å². The number of alkyl halides is 3. The lowest BCUT2D eigenvalue weighted by molar-refractivity contribution is -0.137. The van der Waals surface area contributed by atoms with Crippen molar-refractivity contribution < 1.29 is 32.2 Å². The number of likely N-dealkylation sites (tertiary alicyclic amines) is 1. The van der Waals surface area contributed by atoms with E-state index >= 15 is 0 Å². The minimum atomic E-state index is -4.35. The second kappa shape index (κ2) is 8.82. The van der Waals surface area contributed by atoms with E-state index < -0.39 is 17.3 Å². The highest BCUT2D eigenvalue weighted by atomic mass is 19.4. The fourth-order valence-corrected chi connectivity index (χ4v) is 2.65. The van der Waals surface area contributed by atoms with E-state index in [2.05, 4.69) is 0 Å². The van der Waals surface area contributed by atoms with Crippen molar-refractivity contribution in [1.29, 1.82) is 0 Å². The molecule has 0 spiro atoms. The van der Waals surface area contributed by atoms with Crippen molar-refractivity contribution in [2.24, 2.45) is 0 Å². The van der Waals surface area contributed by atoms with Crippen molar-refractivity contribution >= 4 is 6.09 Å². The minimum Gasteiger partial charge on any atom is -0.491 e. The molecule has 0 N–H and O–H groups in total. The molecule has 27 heavy (non-hydrogen) atoms. The molecule has 5 nitrogen and oxygen atoms in total. The van der Waals surface area contributed by atoms with Gasteiger partial charge in [-0.05, 0) is 57.9 Å². The molecule has 1 aromatic carbocycles. The molecule has 0 radical (unpaired) electrons. The van der Waals surface area contributed by atoms with Gasteiger partial charge in [-0.15, -0.1) is 0 Å². The first-order chi connectivity index (χ1) is 12.5. The molecule has 0 atom stereocenters. The third-order valence-corrected chi connectivity index (χ3v) is 3.98. The number of hydrogen-bond donors (Lipinski definition) is 0. The van der Waals surface area contributed by atoms with Gasteiger partial charge in [-0.25, -0.2) is 4.79 Å². The average molecular weight is 389 g/mol. The van der Waals surface area contributed by atoms with E-state index in [4.69, 9.17) is 14.2 Å². The predicted molar refractivity (Wildman–Crippen MR) is 93.7 cm³/mol. The van der Waals surface area contributed by atoms with Gasteiger partial charge in [-0.1, -0.05) is 0 Å². The summed E-state index contributed by atoms with van der Waals surface area (Å²) in [6, 6.07) is 4.56. The van der Waals surface area contributed by atoms with Gasteiger partial charge in [-0.3, -0.25) is 0 Å². The highest BCUT2D eigenvalue weighted by Crippen LogP contribution is 2.30. The first-order valence-electron chi connectivity index (χ1n) is 8.94. The molecule has 2 rings (SSSR count). The molecular formula is C19H26F3NO4. The molecule has 1 heterocycles. The lowest BCUT2D eigenvalue weighted by Crippen LogP contribution is -2.43. The Bertz CT molecular complexity index is 603. The molecule has 152 valence electrons. The van der Waals surface area contributed by atoms with Crippen LogP contribution < -0.4 is 4.74 Å². The lowest BCUT2D eigenvalue weighted by atomic mass is 10.1. The van der Waals surface area contributed by atoms with E-state index in [1.165, 1.54) is 12.1 Å². The SMILES string of the molecule is CC(C)(C)OC(=O)N1CCC(OCCOc2ccc(C(F)(F)F)cc2)CC1. The van der Waals surface area contributed by atoms with Gasteiger partial charge in [0.2, 0.25) is 0 Å². The summed E-state index contributed by atoms with van der Waals surface area (Å²) >= 11 is 0. The average Bonchev–Trinajstić information content (AvgIpc) is 2.57. The molecule has 1 fully saturated rings. The molecule has 0 saturated carbocycles. The Labute approximate surface area is 157 Å². The maximum Gasteiger partial charge on any atom is 0.416 e. The fraction of sp³-hybridized carbons (Fsp3) is 0.632. The van der Waals surface area contributed by atoms with E-state index in [-0.39, 0.29) is 18.8 Å². The van der Waals surface area contributed by atoms with E-state index in [9.17, 15) is 18.0 Å². The molecule has 1 amide bonds. The molecule has 0 unspecified atom stereocenters. The second-order valence-corrected chi connectivity index (χ2v) is 7.41. The fourth-order valence-electron chi connectivity index (χ4n) is 2.65. The Kier molecular flexibility index (Phi) is 6.97. The molecule has 1 aromatic rings.